The summed E-state index contributed by atoms with van der Waals surface area (Å²) in [4.78, 5) is 60.3. The molecule has 3 heterocycles. The molecule has 0 unspecified atom stereocenters. The van der Waals surface area contributed by atoms with Gasteiger partial charge in [0.2, 0.25) is 30.1 Å². The van der Waals surface area contributed by atoms with Crippen molar-refractivity contribution in [3.63, 3.8) is 0 Å². The molecule has 39 heavy (non-hydrogen) atoms. The first-order chi connectivity index (χ1) is 18.5. The van der Waals surface area contributed by atoms with Crippen molar-refractivity contribution in [2.45, 2.75) is 59.0 Å². The second-order valence-corrected chi connectivity index (χ2v) is 9.55. The van der Waals surface area contributed by atoms with Crippen LogP contribution in [-0.4, -0.2) is 61.8 Å². The zero-order chi connectivity index (χ0) is 28.3. The van der Waals surface area contributed by atoms with Gasteiger partial charge in [-0.05, 0) is 28.7 Å². The van der Waals surface area contributed by atoms with E-state index in [9.17, 15) is 19.2 Å². The Hall–Kier alpha value is -3.86. The second-order valence-electron chi connectivity index (χ2n) is 8.39. The van der Waals surface area contributed by atoms with Gasteiger partial charge in [0.1, 0.15) is 6.61 Å². The van der Waals surface area contributed by atoms with Crippen LogP contribution in [0.5, 0.6) is 5.88 Å². The number of halogens is 1. The van der Waals surface area contributed by atoms with Gasteiger partial charge in [-0.25, -0.2) is 4.98 Å². The second kappa shape index (κ2) is 11.9. The van der Waals surface area contributed by atoms with E-state index in [0.29, 0.717) is 0 Å². The number of ether oxygens (including phenoxy) is 5. The van der Waals surface area contributed by atoms with E-state index in [1.807, 2.05) is 24.3 Å². The summed E-state index contributed by atoms with van der Waals surface area (Å²) >= 11 is 2.19. The molecule has 4 rings (SSSR count). The van der Waals surface area contributed by atoms with Crippen LogP contribution in [0, 0.1) is 3.57 Å². The number of amides is 1. The van der Waals surface area contributed by atoms with E-state index in [4.69, 9.17) is 23.7 Å². The van der Waals surface area contributed by atoms with Crippen molar-refractivity contribution in [2.75, 3.05) is 5.32 Å². The number of aromatic nitrogens is 4. The zero-order valence-corrected chi connectivity index (χ0v) is 23.4. The van der Waals surface area contributed by atoms with Gasteiger partial charge in [0, 0.05) is 36.8 Å². The summed E-state index contributed by atoms with van der Waals surface area (Å²) in [7, 11) is 0. The number of nitrogens with one attached hydrogen (secondary N) is 1. The third kappa shape index (κ3) is 6.59. The number of imidazole rings is 1. The lowest BCUT2D eigenvalue weighted by atomic mass is 10.2. The number of anilines is 1. The molecule has 1 amide bonds. The number of rotatable bonds is 8. The minimum absolute atomic E-state index is 0.0669. The summed E-state index contributed by atoms with van der Waals surface area (Å²) in [5, 5.41) is 2.52. The maximum atomic E-state index is 12.0. The molecule has 1 fully saturated rings. The molecule has 206 valence electrons. The highest BCUT2D eigenvalue weighted by atomic mass is 127. The van der Waals surface area contributed by atoms with Gasteiger partial charge in [-0.2, -0.15) is 9.97 Å². The van der Waals surface area contributed by atoms with Crippen LogP contribution in [0.15, 0.2) is 30.6 Å². The zero-order valence-electron chi connectivity index (χ0n) is 21.2. The Bertz CT molecular complexity index is 1430. The molecule has 14 nitrogen and oxygen atoms in total. The average molecular weight is 653 g/mol. The van der Waals surface area contributed by atoms with E-state index < -0.39 is 48.5 Å². The molecular formula is C24H24IN5O9. The minimum atomic E-state index is -1.40. The summed E-state index contributed by atoms with van der Waals surface area (Å²) in [5.41, 5.74) is 1.24. The lowest BCUT2D eigenvalue weighted by Crippen LogP contribution is -2.40. The Kier molecular flexibility index (Phi) is 8.59. The summed E-state index contributed by atoms with van der Waals surface area (Å²) in [5.74, 6) is -2.56. The van der Waals surface area contributed by atoms with Gasteiger partial charge in [0.05, 0.1) is 6.33 Å². The van der Waals surface area contributed by atoms with Crippen molar-refractivity contribution in [2.24, 2.45) is 0 Å². The number of fused-ring (bicyclic) bond motifs is 1. The molecule has 1 aliphatic heterocycles. The van der Waals surface area contributed by atoms with Crippen LogP contribution in [0.1, 0.15) is 39.5 Å². The third-order valence-corrected chi connectivity index (χ3v) is 6.36. The first kappa shape index (κ1) is 28.2. The maximum absolute atomic E-state index is 12.0. The van der Waals surface area contributed by atoms with Crippen molar-refractivity contribution in [1.82, 2.24) is 19.5 Å². The van der Waals surface area contributed by atoms with Crippen LogP contribution in [0.3, 0.4) is 0 Å². The van der Waals surface area contributed by atoms with E-state index in [0.717, 1.165) is 23.0 Å². The highest BCUT2D eigenvalue weighted by molar-refractivity contribution is 14.1. The number of hydrogen-bond donors (Lipinski definition) is 1. The number of nitrogens with zero attached hydrogens (tertiary/aromatic N) is 4. The molecule has 15 heteroatoms. The summed E-state index contributed by atoms with van der Waals surface area (Å²) in [6.07, 6.45) is -3.80. The first-order valence-corrected chi connectivity index (χ1v) is 12.7. The number of hydrogen-bond acceptors (Lipinski definition) is 12. The highest BCUT2D eigenvalue weighted by Gasteiger charge is 2.52. The molecule has 3 aromatic rings. The van der Waals surface area contributed by atoms with Gasteiger partial charge in [0.25, 0.3) is 0 Å². The van der Waals surface area contributed by atoms with Crippen molar-refractivity contribution in [3.05, 3.63) is 39.7 Å². The van der Waals surface area contributed by atoms with Crippen LogP contribution < -0.4 is 10.1 Å². The standard InChI is InChI=1S/C24H24IN5O9/c1-11(31)27-24-28-20-17(21(29-24)35-9-15-7-5-6-8-16(15)25)26-10-30(20)22-18(36-12(2)32)19(37-13(3)33)23(39-22)38-14(4)34/h5-8,10,18-19,22-23H,9H2,1-4H3,(H,27,28,29,31)/t18-,19+,22-,23+/m1/s1. The molecule has 1 N–H and O–H groups in total. The fraction of sp³-hybridized carbons (Fsp3) is 0.375. The lowest BCUT2D eigenvalue weighted by Gasteiger charge is -2.23. The Morgan fingerprint density at radius 2 is 1.64 bits per heavy atom. The van der Waals surface area contributed by atoms with Crippen LogP contribution in [0.2, 0.25) is 0 Å². The van der Waals surface area contributed by atoms with Crippen LogP contribution >= 0.6 is 22.6 Å². The van der Waals surface area contributed by atoms with Gasteiger partial charge >= 0.3 is 17.9 Å². The largest absolute Gasteiger partial charge is 0.471 e. The molecular weight excluding hydrogens is 629 g/mol. The van der Waals surface area contributed by atoms with Gasteiger partial charge in [-0.1, -0.05) is 18.2 Å². The molecule has 1 aliphatic rings. The van der Waals surface area contributed by atoms with Crippen molar-refractivity contribution in [1.29, 1.82) is 0 Å². The minimum Gasteiger partial charge on any atom is -0.471 e. The van der Waals surface area contributed by atoms with Crippen molar-refractivity contribution in [3.8, 4) is 5.88 Å². The quantitative estimate of drug-likeness (QED) is 0.214. The topological polar surface area (TPSA) is 170 Å². The van der Waals surface area contributed by atoms with Crippen LogP contribution in [0.25, 0.3) is 11.2 Å². The third-order valence-electron chi connectivity index (χ3n) is 5.31. The molecule has 0 bridgehead atoms. The predicted octanol–water partition coefficient (Wildman–Crippen LogP) is 2.25. The monoisotopic (exact) mass is 653 g/mol. The Labute approximate surface area is 235 Å². The molecule has 0 aliphatic carbocycles. The van der Waals surface area contributed by atoms with E-state index >= 15 is 0 Å². The number of benzene rings is 1. The number of carbonyl (C=O) groups excluding carboxylic acids is 4. The van der Waals surface area contributed by atoms with Crippen molar-refractivity contribution >= 4 is 63.5 Å². The van der Waals surface area contributed by atoms with Gasteiger partial charge < -0.3 is 23.7 Å². The van der Waals surface area contributed by atoms with Gasteiger partial charge in [-0.3, -0.25) is 29.1 Å². The first-order valence-electron chi connectivity index (χ1n) is 11.6. The van der Waals surface area contributed by atoms with E-state index in [1.165, 1.54) is 24.7 Å². The fourth-order valence-corrected chi connectivity index (χ4v) is 4.42. The molecule has 2 aromatic heterocycles. The molecule has 1 aromatic carbocycles. The maximum Gasteiger partial charge on any atom is 0.305 e. The average Bonchev–Trinajstić information content (AvgIpc) is 3.39. The fourth-order valence-electron chi connectivity index (χ4n) is 3.88. The lowest BCUT2D eigenvalue weighted by molar-refractivity contribution is -0.198. The van der Waals surface area contributed by atoms with Crippen LogP contribution in [-0.2, 0) is 44.7 Å². The van der Waals surface area contributed by atoms with E-state index in [1.54, 1.807) is 0 Å². The summed E-state index contributed by atoms with van der Waals surface area (Å²) in [6.45, 7) is 4.92. The van der Waals surface area contributed by atoms with Gasteiger partial charge in [-0.15, -0.1) is 0 Å². The molecule has 1 saturated heterocycles. The predicted molar refractivity (Wildman–Crippen MR) is 140 cm³/mol. The smallest absolute Gasteiger partial charge is 0.305 e. The van der Waals surface area contributed by atoms with E-state index in [2.05, 4.69) is 42.9 Å². The Balaban J connectivity index is 1.78. The van der Waals surface area contributed by atoms with Gasteiger partial charge in [0.15, 0.2) is 23.5 Å². The Morgan fingerprint density at radius 3 is 2.28 bits per heavy atom. The highest BCUT2D eigenvalue weighted by Crippen LogP contribution is 2.37. The number of esters is 3. The molecule has 0 spiro atoms. The van der Waals surface area contributed by atoms with Crippen LogP contribution in [0.4, 0.5) is 5.95 Å². The molecule has 4 atom stereocenters. The molecule has 0 radical (unpaired) electrons. The summed E-state index contributed by atoms with van der Waals surface area (Å²) < 4.78 is 30.2. The Morgan fingerprint density at radius 1 is 0.974 bits per heavy atom. The normalized spacial score (nSPS) is 20.3. The summed E-state index contributed by atoms with van der Waals surface area (Å²) in [6, 6.07) is 7.60. The SMILES string of the molecule is CC(=O)Nc1nc(OCc2ccccc2I)c2ncn([C@@H]3O[C@H](OC(C)=O)[C@@H](OC(C)=O)[C@H]3OC(C)=O)c2n1. The number of carbonyl (C=O) groups is 4. The van der Waals surface area contributed by atoms with E-state index in [-0.39, 0.29) is 29.6 Å². The van der Waals surface area contributed by atoms with Crippen molar-refractivity contribution < 1.29 is 42.9 Å². The molecule has 0 saturated carbocycles.